The average Bonchev–Trinajstić information content (AvgIpc) is 3.41. The molecule has 2 aliphatic carbocycles. The lowest BCUT2D eigenvalue weighted by molar-refractivity contribution is 0.366. The van der Waals surface area contributed by atoms with Crippen LogP contribution in [0.2, 0.25) is 0 Å². The highest BCUT2D eigenvalue weighted by molar-refractivity contribution is 5.97. The van der Waals surface area contributed by atoms with Crippen molar-refractivity contribution < 1.29 is 0 Å². The molecule has 1 nitrogen and oxygen atoms in total. The summed E-state index contributed by atoms with van der Waals surface area (Å²) >= 11 is 0. The van der Waals surface area contributed by atoms with Crippen LogP contribution in [0.5, 0.6) is 0 Å². The number of fused-ring (bicyclic) bond motifs is 4. The Morgan fingerprint density at radius 3 is 1.75 bits per heavy atom. The maximum Gasteiger partial charge on any atom is 0.0465 e. The molecule has 0 spiro atoms. The van der Waals surface area contributed by atoms with Crippen molar-refractivity contribution in [3.05, 3.63) is 186 Å². The highest BCUT2D eigenvalue weighted by Gasteiger charge is 2.36. The second-order valence-corrected chi connectivity index (χ2v) is 15.6. The standard InChI is InChI=1S/C51H47N/c1-50(2)48-23-12-11-21-46(48)47-33-32-43(36-49(47)50)52(41-28-24-38(25-29-41)45-22-15-17-37-16-9-10-20-44(37)45)42-30-26-40(27-31-42)51(39-18-7-6-8-19-39)34-13-4-3-5-14-35-51/h6-12,15-33,36H,3-5,13-14,34-35H2,1-2H3. The Morgan fingerprint density at radius 2 is 0.981 bits per heavy atom. The van der Waals surface area contributed by atoms with Crippen LogP contribution in [0, 0.1) is 0 Å². The summed E-state index contributed by atoms with van der Waals surface area (Å²) in [7, 11) is 0. The first-order valence-corrected chi connectivity index (χ1v) is 19.3. The molecule has 1 heteroatoms. The van der Waals surface area contributed by atoms with Crippen molar-refractivity contribution in [1.29, 1.82) is 0 Å². The summed E-state index contributed by atoms with van der Waals surface area (Å²) in [6.45, 7) is 4.75. The highest BCUT2D eigenvalue weighted by Crippen LogP contribution is 2.51. The van der Waals surface area contributed by atoms with E-state index >= 15 is 0 Å². The van der Waals surface area contributed by atoms with Gasteiger partial charge < -0.3 is 4.90 Å². The summed E-state index contributed by atoms with van der Waals surface area (Å²) in [5.74, 6) is 0. The first kappa shape index (κ1) is 32.5. The average molecular weight is 674 g/mol. The van der Waals surface area contributed by atoms with Crippen molar-refractivity contribution in [2.24, 2.45) is 0 Å². The van der Waals surface area contributed by atoms with Crippen molar-refractivity contribution in [3.63, 3.8) is 0 Å². The largest absolute Gasteiger partial charge is 0.310 e. The van der Waals surface area contributed by atoms with Crippen molar-refractivity contribution in [3.8, 4) is 22.3 Å². The monoisotopic (exact) mass is 673 g/mol. The molecule has 0 radical (unpaired) electrons. The number of hydrogen-bond acceptors (Lipinski definition) is 1. The van der Waals surface area contributed by atoms with E-state index in [9.17, 15) is 0 Å². The van der Waals surface area contributed by atoms with Gasteiger partial charge in [0.25, 0.3) is 0 Å². The molecular weight excluding hydrogens is 627 g/mol. The van der Waals surface area contributed by atoms with E-state index in [1.165, 1.54) is 112 Å². The van der Waals surface area contributed by atoms with Crippen molar-refractivity contribution in [1.82, 2.24) is 0 Å². The third-order valence-electron chi connectivity index (χ3n) is 12.3. The van der Waals surface area contributed by atoms with Crippen LogP contribution in [0.25, 0.3) is 33.0 Å². The molecule has 0 aromatic heterocycles. The van der Waals surface area contributed by atoms with Crippen LogP contribution in [-0.2, 0) is 10.8 Å². The molecule has 0 bridgehead atoms. The van der Waals surface area contributed by atoms with E-state index in [2.05, 4.69) is 183 Å². The van der Waals surface area contributed by atoms with Crippen LogP contribution in [0.1, 0.15) is 81.0 Å². The Bertz CT molecular complexity index is 2330. The molecule has 0 atom stereocenters. The van der Waals surface area contributed by atoms with Crippen LogP contribution < -0.4 is 4.90 Å². The number of benzene rings is 7. The molecule has 1 saturated carbocycles. The molecule has 52 heavy (non-hydrogen) atoms. The summed E-state index contributed by atoms with van der Waals surface area (Å²) in [5.41, 5.74) is 14.4. The summed E-state index contributed by atoms with van der Waals surface area (Å²) < 4.78 is 0. The molecule has 256 valence electrons. The van der Waals surface area contributed by atoms with Gasteiger partial charge in [-0.3, -0.25) is 0 Å². The summed E-state index contributed by atoms with van der Waals surface area (Å²) in [6.07, 6.45) is 8.98. The third kappa shape index (κ3) is 5.55. The summed E-state index contributed by atoms with van der Waals surface area (Å²) in [4.78, 5) is 2.46. The zero-order valence-electron chi connectivity index (χ0n) is 30.5. The zero-order valence-corrected chi connectivity index (χ0v) is 30.5. The minimum atomic E-state index is -0.0735. The molecule has 7 aromatic carbocycles. The van der Waals surface area contributed by atoms with Crippen LogP contribution in [-0.4, -0.2) is 0 Å². The van der Waals surface area contributed by atoms with Gasteiger partial charge in [-0.25, -0.2) is 0 Å². The van der Waals surface area contributed by atoms with Gasteiger partial charge in [0.05, 0.1) is 0 Å². The van der Waals surface area contributed by atoms with Gasteiger partial charge in [-0.05, 0) is 105 Å². The van der Waals surface area contributed by atoms with E-state index in [1.807, 2.05) is 0 Å². The maximum atomic E-state index is 2.46. The van der Waals surface area contributed by atoms with Crippen LogP contribution in [0.4, 0.5) is 17.1 Å². The number of hydrogen-bond donors (Lipinski definition) is 0. The van der Waals surface area contributed by atoms with E-state index in [1.54, 1.807) is 0 Å². The lowest BCUT2D eigenvalue weighted by atomic mass is 9.67. The third-order valence-corrected chi connectivity index (χ3v) is 12.3. The van der Waals surface area contributed by atoms with Crippen molar-refractivity contribution in [2.75, 3.05) is 4.90 Å². The first-order valence-electron chi connectivity index (χ1n) is 19.3. The Kier molecular flexibility index (Phi) is 8.31. The molecule has 1 fully saturated rings. The van der Waals surface area contributed by atoms with Gasteiger partial charge in [-0.1, -0.05) is 173 Å². The predicted octanol–water partition coefficient (Wildman–Crippen LogP) is 14.3. The number of nitrogens with zero attached hydrogens (tertiary/aromatic N) is 1. The van der Waals surface area contributed by atoms with E-state index < -0.39 is 0 Å². The lowest BCUT2D eigenvalue weighted by Crippen LogP contribution is -2.29. The topological polar surface area (TPSA) is 3.24 Å². The Balaban J connectivity index is 1.16. The predicted molar refractivity (Wildman–Crippen MR) is 221 cm³/mol. The fourth-order valence-corrected chi connectivity index (χ4v) is 9.49. The highest BCUT2D eigenvalue weighted by atomic mass is 15.1. The van der Waals surface area contributed by atoms with Crippen LogP contribution in [0.3, 0.4) is 0 Å². The van der Waals surface area contributed by atoms with Crippen LogP contribution in [0.15, 0.2) is 164 Å². The van der Waals surface area contributed by atoms with Gasteiger partial charge in [-0.2, -0.15) is 0 Å². The second kappa shape index (κ2) is 13.3. The number of anilines is 3. The van der Waals surface area contributed by atoms with E-state index in [-0.39, 0.29) is 10.8 Å². The van der Waals surface area contributed by atoms with E-state index in [4.69, 9.17) is 0 Å². The quantitative estimate of drug-likeness (QED) is 0.170. The second-order valence-electron chi connectivity index (χ2n) is 15.6. The zero-order chi connectivity index (χ0) is 35.1. The van der Waals surface area contributed by atoms with Crippen molar-refractivity contribution in [2.45, 2.75) is 69.6 Å². The molecule has 0 amide bonds. The molecule has 0 saturated heterocycles. The molecule has 0 unspecified atom stereocenters. The molecule has 0 N–H and O–H groups in total. The minimum absolute atomic E-state index is 0.0501. The van der Waals surface area contributed by atoms with Gasteiger partial charge >= 0.3 is 0 Å². The lowest BCUT2D eigenvalue weighted by Gasteiger charge is -2.37. The van der Waals surface area contributed by atoms with Crippen LogP contribution >= 0.6 is 0 Å². The molecule has 0 aliphatic heterocycles. The van der Waals surface area contributed by atoms with E-state index in [0.29, 0.717) is 0 Å². The van der Waals surface area contributed by atoms with E-state index in [0.717, 1.165) is 5.69 Å². The van der Waals surface area contributed by atoms with Gasteiger partial charge in [0, 0.05) is 27.9 Å². The first-order chi connectivity index (χ1) is 25.5. The SMILES string of the molecule is CC1(C)c2ccccc2-c2ccc(N(c3ccc(-c4cccc5ccccc45)cc3)c3ccc(C4(c5ccccc5)CCCCCCC4)cc3)cc21. The fraction of sp³-hybridized carbons (Fsp3) is 0.216. The Morgan fingerprint density at radius 1 is 0.423 bits per heavy atom. The number of rotatable bonds is 6. The Hall–Kier alpha value is -5.40. The minimum Gasteiger partial charge on any atom is -0.310 e. The van der Waals surface area contributed by atoms with Gasteiger partial charge in [0.2, 0.25) is 0 Å². The molecular formula is C51H47N. The Labute approximate surface area is 309 Å². The molecule has 9 rings (SSSR count). The molecule has 0 heterocycles. The van der Waals surface area contributed by atoms with Gasteiger partial charge in [0.1, 0.15) is 0 Å². The normalized spacial score (nSPS) is 16.0. The maximum absolute atomic E-state index is 2.46. The molecule has 2 aliphatic rings. The molecule has 7 aromatic rings. The van der Waals surface area contributed by atoms with Crippen molar-refractivity contribution >= 4 is 27.8 Å². The smallest absolute Gasteiger partial charge is 0.0465 e. The van der Waals surface area contributed by atoms with Gasteiger partial charge in [0.15, 0.2) is 0 Å². The summed E-state index contributed by atoms with van der Waals surface area (Å²) in [5, 5.41) is 2.55. The van der Waals surface area contributed by atoms with Gasteiger partial charge in [-0.15, -0.1) is 0 Å². The summed E-state index contributed by atoms with van der Waals surface area (Å²) in [6, 6.07) is 61.5. The fourth-order valence-electron chi connectivity index (χ4n) is 9.49.